The minimum atomic E-state index is -0.954. The molecule has 0 fully saturated rings. The Balaban J connectivity index is 2.09. The van der Waals surface area contributed by atoms with Gasteiger partial charge in [0.25, 0.3) is 5.91 Å². The molecule has 2 aromatic rings. The molecule has 32 heavy (non-hydrogen) atoms. The van der Waals surface area contributed by atoms with E-state index in [1.54, 1.807) is 45.0 Å². The van der Waals surface area contributed by atoms with Gasteiger partial charge in [0, 0.05) is 12.1 Å². The van der Waals surface area contributed by atoms with Crippen molar-refractivity contribution in [3.8, 4) is 5.75 Å². The van der Waals surface area contributed by atoms with Gasteiger partial charge < -0.3 is 25.2 Å². The number of aromatic hydroxyl groups is 1. The van der Waals surface area contributed by atoms with Crippen LogP contribution in [0.4, 0.5) is 10.5 Å². The molecule has 0 saturated carbocycles. The van der Waals surface area contributed by atoms with Gasteiger partial charge in [0.05, 0.1) is 22.7 Å². The molecule has 0 aliphatic heterocycles. The number of phenols is 1. The van der Waals surface area contributed by atoms with Crippen molar-refractivity contribution in [1.29, 1.82) is 0 Å². The molecule has 10 heteroatoms. The van der Waals surface area contributed by atoms with E-state index in [2.05, 4.69) is 10.6 Å². The molecule has 1 unspecified atom stereocenters. The lowest BCUT2D eigenvalue weighted by Crippen LogP contribution is -2.45. The number of hydrogen-bond donors (Lipinski definition) is 3. The van der Waals surface area contributed by atoms with Crippen LogP contribution in [0.15, 0.2) is 36.4 Å². The standard InChI is InChI=1S/C22H24Cl2N2O6/c1-22(2,3)32-21(30)26-17(20(29)31-4)9-12-5-7-13(8-6-12)25-19(28)18-15(23)10-14(27)11-16(18)24/h5-8,10-11,17,27H,9H2,1-4H3,(H,25,28)(H,26,30). The van der Waals surface area contributed by atoms with E-state index in [0.717, 1.165) is 0 Å². The SMILES string of the molecule is COC(=O)C(Cc1ccc(NC(=O)c2c(Cl)cc(O)cc2Cl)cc1)NC(=O)OC(C)(C)C. The third-order valence-electron chi connectivity index (χ3n) is 4.08. The van der Waals surface area contributed by atoms with Crippen LogP contribution in [0.5, 0.6) is 5.75 Å². The molecule has 3 N–H and O–H groups in total. The Morgan fingerprint density at radius 2 is 1.62 bits per heavy atom. The minimum absolute atomic E-state index is 0.0123. The predicted octanol–water partition coefficient (Wildman–Crippen LogP) is 4.56. The molecule has 0 radical (unpaired) electrons. The number of esters is 1. The fourth-order valence-corrected chi connectivity index (χ4v) is 3.36. The van der Waals surface area contributed by atoms with Crippen molar-refractivity contribution in [3.63, 3.8) is 0 Å². The topological polar surface area (TPSA) is 114 Å². The van der Waals surface area contributed by atoms with E-state index >= 15 is 0 Å². The Morgan fingerprint density at radius 1 is 1.06 bits per heavy atom. The molecule has 0 spiro atoms. The Bertz CT molecular complexity index is 979. The van der Waals surface area contributed by atoms with Crippen LogP contribution in [-0.4, -0.2) is 41.8 Å². The summed E-state index contributed by atoms with van der Waals surface area (Å²) in [5.74, 6) is -1.32. The zero-order valence-electron chi connectivity index (χ0n) is 18.0. The summed E-state index contributed by atoms with van der Waals surface area (Å²) in [5, 5.41) is 14.7. The maximum atomic E-state index is 12.5. The second-order valence-electron chi connectivity index (χ2n) is 7.86. The van der Waals surface area contributed by atoms with Gasteiger partial charge in [-0.1, -0.05) is 35.3 Å². The number of carbonyl (C=O) groups excluding carboxylic acids is 3. The number of hydrogen-bond acceptors (Lipinski definition) is 6. The van der Waals surface area contributed by atoms with Gasteiger partial charge in [-0.15, -0.1) is 0 Å². The highest BCUT2D eigenvalue weighted by Crippen LogP contribution is 2.30. The molecule has 0 saturated heterocycles. The Morgan fingerprint density at radius 3 is 2.12 bits per heavy atom. The van der Waals surface area contributed by atoms with Gasteiger partial charge in [-0.2, -0.15) is 0 Å². The van der Waals surface area contributed by atoms with Gasteiger partial charge in [-0.05, 0) is 50.6 Å². The fraction of sp³-hybridized carbons (Fsp3) is 0.318. The van der Waals surface area contributed by atoms with Crippen molar-refractivity contribution < 1.29 is 29.0 Å². The Kier molecular flexibility index (Phi) is 8.35. The van der Waals surface area contributed by atoms with E-state index in [-0.39, 0.29) is 27.8 Å². The van der Waals surface area contributed by atoms with Crippen LogP contribution >= 0.6 is 23.2 Å². The molecule has 2 rings (SSSR count). The zero-order chi connectivity index (χ0) is 24.1. The highest BCUT2D eigenvalue weighted by molar-refractivity contribution is 6.40. The summed E-state index contributed by atoms with van der Waals surface area (Å²) in [6.45, 7) is 5.14. The van der Waals surface area contributed by atoms with E-state index in [4.69, 9.17) is 32.7 Å². The van der Waals surface area contributed by atoms with E-state index in [9.17, 15) is 19.5 Å². The molecule has 0 bridgehead atoms. The second-order valence-corrected chi connectivity index (χ2v) is 8.68. The molecule has 1 atom stereocenters. The van der Waals surface area contributed by atoms with Crippen molar-refractivity contribution in [1.82, 2.24) is 5.32 Å². The average molecular weight is 483 g/mol. The summed E-state index contributed by atoms with van der Waals surface area (Å²) in [5.41, 5.74) is 0.472. The lowest BCUT2D eigenvalue weighted by molar-refractivity contribution is -0.143. The highest BCUT2D eigenvalue weighted by atomic mass is 35.5. The Hall–Kier alpha value is -2.97. The molecular weight excluding hydrogens is 459 g/mol. The van der Waals surface area contributed by atoms with Crippen molar-refractivity contribution >= 4 is 46.9 Å². The zero-order valence-corrected chi connectivity index (χ0v) is 19.5. The maximum Gasteiger partial charge on any atom is 0.408 e. The molecule has 0 aromatic heterocycles. The van der Waals surface area contributed by atoms with Crippen molar-refractivity contribution in [2.75, 3.05) is 12.4 Å². The normalized spacial score (nSPS) is 11.9. The monoisotopic (exact) mass is 482 g/mol. The predicted molar refractivity (Wildman–Crippen MR) is 121 cm³/mol. The van der Waals surface area contributed by atoms with Gasteiger partial charge >= 0.3 is 12.1 Å². The molecule has 0 aliphatic rings. The third-order valence-corrected chi connectivity index (χ3v) is 4.68. The third kappa shape index (κ3) is 7.32. The minimum Gasteiger partial charge on any atom is -0.508 e. The van der Waals surface area contributed by atoms with Gasteiger partial charge in [0.2, 0.25) is 0 Å². The number of phenolic OH excluding ortho intramolecular Hbond substituents is 1. The first-order valence-corrected chi connectivity index (χ1v) is 10.3. The molecule has 0 heterocycles. The van der Waals surface area contributed by atoms with Crippen LogP contribution in [-0.2, 0) is 20.7 Å². The number of anilines is 1. The van der Waals surface area contributed by atoms with Gasteiger partial charge in [-0.3, -0.25) is 4.79 Å². The molecule has 172 valence electrons. The number of alkyl carbamates (subject to hydrolysis) is 1. The van der Waals surface area contributed by atoms with E-state index < -0.39 is 29.6 Å². The van der Waals surface area contributed by atoms with Gasteiger partial charge in [0.1, 0.15) is 17.4 Å². The van der Waals surface area contributed by atoms with E-state index in [1.807, 2.05) is 0 Å². The maximum absolute atomic E-state index is 12.5. The van der Waals surface area contributed by atoms with Gasteiger partial charge in [0.15, 0.2) is 0 Å². The lowest BCUT2D eigenvalue weighted by Gasteiger charge is -2.22. The fourth-order valence-electron chi connectivity index (χ4n) is 2.72. The molecular formula is C22H24Cl2N2O6. The number of nitrogens with one attached hydrogen (secondary N) is 2. The van der Waals surface area contributed by atoms with Crippen molar-refractivity contribution in [2.24, 2.45) is 0 Å². The number of benzene rings is 2. The highest BCUT2D eigenvalue weighted by Gasteiger charge is 2.25. The average Bonchev–Trinajstić information content (AvgIpc) is 2.66. The molecule has 2 amide bonds. The van der Waals surface area contributed by atoms with E-state index in [1.165, 1.54) is 19.2 Å². The molecule has 8 nitrogen and oxygen atoms in total. The lowest BCUT2D eigenvalue weighted by atomic mass is 10.1. The van der Waals surface area contributed by atoms with Crippen LogP contribution in [0, 0.1) is 0 Å². The van der Waals surface area contributed by atoms with Crippen molar-refractivity contribution in [3.05, 3.63) is 57.6 Å². The largest absolute Gasteiger partial charge is 0.508 e. The summed E-state index contributed by atoms with van der Waals surface area (Å²) in [6, 6.07) is 8.09. The number of rotatable bonds is 6. The number of halogens is 2. The smallest absolute Gasteiger partial charge is 0.408 e. The number of carbonyl (C=O) groups is 3. The molecule has 0 aliphatic carbocycles. The summed E-state index contributed by atoms with van der Waals surface area (Å²) >= 11 is 12.0. The summed E-state index contributed by atoms with van der Waals surface area (Å²) in [7, 11) is 1.23. The first kappa shape index (κ1) is 25.3. The summed E-state index contributed by atoms with van der Waals surface area (Å²) in [4.78, 5) is 36.6. The van der Waals surface area contributed by atoms with Crippen LogP contribution in [0.25, 0.3) is 0 Å². The second kappa shape index (κ2) is 10.6. The van der Waals surface area contributed by atoms with Gasteiger partial charge in [-0.25, -0.2) is 9.59 Å². The quantitative estimate of drug-likeness (QED) is 0.519. The van der Waals surface area contributed by atoms with Crippen molar-refractivity contribution in [2.45, 2.75) is 38.8 Å². The Labute approximate surface area is 195 Å². The number of ether oxygens (including phenoxy) is 2. The van der Waals surface area contributed by atoms with Crippen LogP contribution < -0.4 is 10.6 Å². The summed E-state index contributed by atoms with van der Waals surface area (Å²) in [6.07, 6.45) is -0.588. The van der Waals surface area contributed by atoms with Crippen LogP contribution in [0.1, 0.15) is 36.7 Å². The van der Waals surface area contributed by atoms with Crippen LogP contribution in [0.3, 0.4) is 0 Å². The van der Waals surface area contributed by atoms with Crippen LogP contribution in [0.2, 0.25) is 10.0 Å². The first-order valence-electron chi connectivity index (χ1n) is 9.55. The number of methoxy groups -OCH3 is 1. The number of amides is 2. The first-order chi connectivity index (χ1) is 14.9. The van der Waals surface area contributed by atoms with E-state index in [0.29, 0.717) is 11.3 Å². The molecule has 2 aromatic carbocycles. The summed E-state index contributed by atoms with van der Waals surface area (Å²) < 4.78 is 9.95.